The van der Waals surface area contributed by atoms with Crippen LogP contribution < -0.4 is 10.6 Å². The number of nitrogens with one attached hydrogen (secondary N) is 2. The summed E-state index contributed by atoms with van der Waals surface area (Å²) in [7, 11) is 0. The number of carbonyl (C=O) groups is 1. The maximum Gasteiger partial charge on any atom is 0.325 e. The molecule has 0 heterocycles. The van der Waals surface area contributed by atoms with Gasteiger partial charge in [-0.05, 0) is 29.7 Å². The molecule has 0 atom stereocenters. The minimum atomic E-state index is -1.03. The summed E-state index contributed by atoms with van der Waals surface area (Å²) in [6.07, 6.45) is 0. The van der Waals surface area contributed by atoms with Crippen LogP contribution in [-0.2, 0) is 4.79 Å². The molecule has 0 radical (unpaired) electrons. The quantitative estimate of drug-likeness (QED) is 0.429. The van der Waals surface area contributed by atoms with Gasteiger partial charge in [0.2, 0.25) is 5.96 Å². The van der Waals surface area contributed by atoms with Gasteiger partial charge < -0.3 is 15.7 Å². The first-order valence-corrected chi connectivity index (χ1v) is 8.51. The van der Waals surface area contributed by atoms with Gasteiger partial charge in [-0.25, -0.2) is 4.99 Å². The molecule has 0 fully saturated rings. The van der Waals surface area contributed by atoms with E-state index in [1.165, 1.54) is 0 Å². The Bertz CT molecular complexity index is 964. The Morgan fingerprint density at radius 2 is 1.65 bits per heavy atom. The van der Waals surface area contributed by atoms with Crippen molar-refractivity contribution in [2.24, 2.45) is 4.99 Å². The van der Waals surface area contributed by atoms with Crippen LogP contribution in [0.3, 0.4) is 0 Å². The van der Waals surface area contributed by atoms with E-state index in [2.05, 4.69) is 15.6 Å². The van der Waals surface area contributed by atoms with Crippen LogP contribution in [0.2, 0.25) is 10.0 Å². The molecule has 0 spiro atoms. The monoisotopic (exact) mass is 387 g/mol. The second kappa shape index (κ2) is 8.08. The van der Waals surface area contributed by atoms with Crippen molar-refractivity contribution in [3.8, 4) is 0 Å². The summed E-state index contributed by atoms with van der Waals surface area (Å²) in [6.45, 7) is -0.381. The molecular formula is C19H15Cl2N3O2. The molecule has 0 saturated heterocycles. The molecule has 0 aliphatic heterocycles. The van der Waals surface area contributed by atoms with E-state index in [1.54, 1.807) is 18.2 Å². The van der Waals surface area contributed by atoms with Gasteiger partial charge in [0, 0.05) is 26.8 Å². The predicted molar refractivity (Wildman–Crippen MR) is 108 cm³/mol. The first-order chi connectivity index (χ1) is 12.5. The van der Waals surface area contributed by atoms with Crippen molar-refractivity contribution >= 4 is 57.3 Å². The molecule has 7 heteroatoms. The summed E-state index contributed by atoms with van der Waals surface area (Å²) in [5.41, 5.74) is 1.40. The Hall–Kier alpha value is -2.76. The normalized spacial score (nSPS) is 11.4. The summed E-state index contributed by atoms with van der Waals surface area (Å²) >= 11 is 12.0. The van der Waals surface area contributed by atoms with E-state index >= 15 is 0 Å². The van der Waals surface area contributed by atoms with Crippen LogP contribution in [0.25, 0.3) is 10.8 Å². The Labute approximate surface area is 160 Å². The van der Waals surface area contributed by atoms with Crippen LogP contribution >= 0.6 is 23.2 Å². The van der Waals surface area contributed by atoms with E-state index < -0.39 is 5.97 Å². The van der Waals surface area contributed by atoms with Crippen molar-refractivity contribution in [1.29, 1.82) is 0 Å². The number of benzene rings is 3. The number of aliphatic imine (C=N–C) groups is 1. The number of aliphatic carboxylic acids is 1. The molecule has 0 aliphatic carbocycles. The second-order valence-electron chi connectivity index (χ2n) is 5.49. The number of nitrogens with zero attached hydrogens (tertiary/aromatic N) is 1. The summed E-state index contributed by atoms with van der Waals surface area (Å²) in [5.74, 6) is -0.754. The number of carboxylic acids is 1. The zero-order valence-electron chi connectivity index (χ0n) is 13.5. The van der Waals surface area contributed by atoms with Gasteiger partial charge in [0.05, 0.1) is 0 Å². The minimum Gasteiger partial charge on any atom is -0.480 e. The highest BCUT2D eigenvalue weighted by Gasteiger charge is 2.07. The lowest BCUT2D eigenvalue weighted by atomic mass is 10.1. The lowest BCUT2D eigenvalue weighted by Crippen LogP contribution is -2.23. The molecule has 0 aromatic heterocycles. The number of hydrogen-bond acceptors (Lipinski definition) is 2. The fourth-order valence-electron chi connectivity index (χ4n) is 2.48. The van der Waals surface area contributed by atoms with E-state index in [-0.39, 0.29) is 12.5 Å². The van der Waals surface area contributed by atoms with Crippen molar-refractivity contribution in [2.45, 2.75) is 0 Å². The maximum absolute atomic E-state index is 10.9. The third kappa shape index (κ3) is 4.65. The average Bonchev–Trinajstić information content (AvgIpc) is 2.59. The smallest absolute Gasteiger partial charge is 0.325 e. The standard InChI is InChI=1S/C19H15Cl2N3O2/c20-13-8-14(21)10-15(9-13)23-19(22-11-18(25)26)24-17-7-3-5-12-4-1-2-6-16(12)17/h1-10H,11H2,(H,25,26)(H2,22,23,24). The van der Waals surface area contributed by atoms with Crippen LogP contribution in [0.4, 0.5) is 11.4 Å². The number of guanidine groups is 1. The van der Waals surface area contributed by atoms with Crippen LogP contribution in [-0.4, -0.2) is 23.6 Å². The molecule has 0 saturated carbocycles. The zero-order valence-corrected chi connectivity index (χ0v) is 15.1. The lowest BCUT2D eigenvalue weighted by molar-refractivity contribution is -0.135. The van der Waals surface area contributed by atoms with E-state index in [0.717, 1.165) is 16.5 Å². The van der Waals surface area contributed by atoms with E-state index in [0.29, 0.717) is 15.7 Å². The molecule has 0 unspecified atom stereocenters. The summed E-state index contributed by atoms with van der Waals surface area (Å²) < 4.78 is 0. The van der Waals surface area contributed by atoms with Gasteiger partial charge >= 0.3 is 5.97 Å². The third-order valence-corrected chi connectivity index (χ3v) is 3.98. The number of hydrogen-bond donors (Lipinski definition) is 3. The van der Waals surface area contributed by atoms with Crippen LogP contribution in [0.1, 0.15) is 0 Å². The third-order valence-electron chi connectivity index (χ3n) is 3.54. The van der Waals surface area contributed by atoms with Gasteiger partial charge in [-0.15, -0.1) is 0 Å². The zero-order chi connectivity index (χ0) is 18.5. The summed E-state index contributed by atoms with van der Waals surface area (Å²) in [6, 6.07) is 18.6. The summed E-state index contributed by atoms with van der Waals surface area (Å²) in [4.78, 5) is 15.0. The van der Waals surface area contributed by atoms with Crippen molar-refractivity contribution in [3.05, 3.63) is 70.7 Å². The van der Waals surface area contributed by atoms with Crippen molar-refractivity contribution < 1.29 is 9.90 Å². The van der Waals surface area contributed by atoms with Crippen LogP contribution in [0, 0.1) is 0 Å². The highest BCUT2D eigenvalue weighted by Crippen LogP contribution is 2.25. The molecule has 0 amide bonds. The predicted octanol–water partition coefficient (Wildman–Crippen LogP) is 5.11. The number of anilines is 2. The van der Waals surface area contributed by atoms with E-state index in [1.807, 2.05) is 42.5 Å². The Balaban J connectivity index is 1.93. The maximum atomic E-state index is 10.9. The van der Waals surface area contributed by atoms with Crippen molar-refractivity contribution in [3.63, 3.8) is 0 Å². The van der Waals surface area contributed by atoms with Gasteiger partial charge in [-0.1, -0.05) is 59.6 Å². The number of halogens is 2. The minimum absolute atomic E-state index is 0.280. The van der Waals surface area contributed by atoms with Gasteiger partial charge in [0.15, 0.2) is 0 Å². The second-order valence-corrected chi connectivity index (χ2v) is 6.37. The highest BCUT2D eigenvalue weighted by atomic mass is 35.5. The molecule has 0 aliphatic rings. The SMILES string of the molecule is O=C(O)CN=C(Nc1cc(Cl)cc(Cl)c1)Nc1cccc2ccccc12. The van der Waals surface area contributed by atoms with Gasteiger partial charge in [0.1, 0.15) is 6.54 Å². The molecule has 3 rings (SSSR count). The number of carboxylic acid groups (broad SMARTS) is 1. The molecule has 3 aromatic carbocycles. The fourth-order valence-corrected chi connectivity index (χ4v) is 3.01. The van der Waals surface area contributed by atoms with Crippen LogP contribution in [0.5, 0.6) is 0 Å². The van der Waals surface area contributed by atoms with Crippen LogP contribution in [0.15, 0.2) is 65.7 Å². The average molecular weight is 388 g/mol. The van der Waals surface area contributed by atoms with Crippen molar-refractivity contribution in [2.75, 3.05) is 17.2 Å². The highest BCUT2D eigenvalue weighted by molar-refractivity contribution is 6.35. The van der Waals surface area contributed by atoms with Gasteiger partial charge in [-0.2, -0.15) is 0 Å². The Kier molecular flexibility index (Phi) is 5.61. The number of fused-ring (bicyclic) bond motifs is 1. The first-order valence-electron chi connectivity index (χ1n) is 7.75. The molecule has 132 valence electrons. The molecular weight excluding hydrogens is 373 g/mol. The molecule has 3 N–H and O–H groups in total. The van der Waals surface area contributed by atoms with Gasteiger partial charge in [0.25, 0.3) is 0 Å². The number of rotatable bonds is 4. The Morgan fingerprint density at radius 1 is 0.962 bits per heavy atom. The first kappa shape index (κ1) is 18.0. The largest absolute Gasteiger partial charge is 0.480 e. The lowest BCUT2D eigenvalue weighted by Gasteiger charge is -2.14. The summed E-state index contributed by atoms with van der Waals surface area (Å²) in [5, 5.41) is 18.1. The van der Waals surface area contributed by atoms with Gasteiger partial charge in [-0.3, -0.25) is 4.79 Å². The topological polar surface area (TPSA) is 73.7 Å². The molecule has 5 nitrogen and oxygen atoms in total. The molecule has 0 bridgehead atoms. The van der Waals surface area contributed by atoms with E-state index in [9.17, 15) is 4.79 Å². The fraction of sp³-hybridized carbons (Fsp3) is 0.0526. The molecule has 26 heavy (non-hydrogen) atoms. The Morgan fingerprint density at radius 3 is 2.38 bits per heavy atom. The van der Waals surface area contributed by atoms with Crippen molar-refractivity contribution in [1.82, 2.24) is 0 Å². The van der Waals surface area contributed by atoms with E-state index in [4.69, 9.17) is 28.3 Å². The molecule has 3 aromatic rings.